The zero-order valence-electron chi connectivity index (χ0n) is 19.2. The summed E-state index contributed by atoms with van der Waals surface area (Å²) in [5.41, 5.74) is 2.17. The van der Waals surface area contributed by atoms with Crippen LogP contribution in [-0.2, 0) is 20.0 Å². The van der Waals surface area contributed by atoms with Gasteiger partial charge in [-0.3, -0.25) is 14.2 Å². The molecule has 0 aliphatic rings. The number of hydrogen-bond donors (Lipinski definition) is 3. The minimum Gasteiger partial charge on any atom is -0.322 e. The van der Waals surface area contributed by atoms with Gasteiger partial charge in [-0.2, -0.15) is 0 Å². The fraction of sp³-hybridized carbons (Fsp3) is 0.0833. The topological polar surface area (TPSA) is 134 Å². The molecule has 0 saturated carbocycles. The molecule has 3 aromatic carbocycles. The van der Waals surface area contributed by atoms with E-state index in [4.69, 9.17) is 0 Å². The second-order valence-corrected chi connectivity index (χ2v) is 12.0. The standard InChI is InChI=1S/C24H22N4O5S3/c1-16-5-3-4-6-21(16)27-36(32,33)22-15-18(8-7-17(22)2)23(29)26-19-9-11-20(12-10-19)35(30,31)28-24-25-13-14-34-24/h3-15,27H,1-2H3,(H,25,28)(H,26,29). The fourth-order valence-corrected chi connectivity index (χ4v) is 6.48. The molecule has 4 rings (SSSR count). The lowest BCUT2D eigenvalue weighted by molar-refractivity contribution is 0.102. The quantitative estimate of drug-likeness (QED) is 0.298. The maximum absolute atomic E-state index is 13.0. The number of carbonyl (C=O) groups is 1. The molecule has 0 spiro atoms. The third-order valence-corrected chi connectivity index (χ3v) is 8.89. The van der Waals surface area contributed by atoms with Crippen LogP contribution >= 0.6 is 11.3 Å². The zero-order chi connectivity index (χ0) is 25.9. The van der Waals surface area contributed by atoms with Gasteiger partial charge in [-0.25, -0.2) is 21.8 Å². The Hall–Kier alpha value is -3.74. The van der Waals surface area contributed by atoms with Gasteiger partial charge in [0.2, 0.25) is 0 Å². The highest BCUT2D eigenvalue weighted by atomic mass is 32.2. The lowest BCUT2D eigenvalue weighted by Crippen LogP contribution is -2.17. The molecule has 12 heteroatoms. The fourth-order valence-electron chi connectivity index (χ4n) is 3.29. The molecule has 0 unspecified atom stereocenters. The number of nitrogens with one attached hydrogen (secondary N) is 3. The average Bonchev–Trinajstić information content (AvgIpc) is 3.33. The van der Waals surface area contributed by atoms with Gasteiger partial charge in [-0.15, -0.1) is 11.3 Å². The molecule has 1 amide bonds. The Morgan fingerprint density at radius 3 is 2.22 bits per heavy atom. The van der Waals surface area contributed by atoms with Crippen molar-refractivity contribution in [2.45, 2.75) is 23.6 Å². The van der Waals surface area contributed by atoms with Crippen molar-refractivity contribution in [2.24, 2.45) is 0 Å². The van der Waals surface area contributed by atoms with Crippen molar-refractivity contribution in [3.8, 4) is 0 Å². The van der Waals surface area contributed by atoms with E-state index in [0.29, 0.717) is 16.9 Å². The number of aromatic nitrogens is 1. The number of aryl methyl sites for hydroxylation is 2. The predicted octanol–water partition coefficient (Wildman–Crippen LogP) is 4.61. The van der Waals surface area contributed by atoms with Crippen LogP contribution in [-0.4, -0.2) is 27.7 Å². The Morgan fingerprint density at radius 2 is 1.56 bits per heavy atom. The average molecular weight is 543 g/mol. The number of hydrogen-bond acceptors (Lipinski definition) is 7. The van der Waals surface area contributed by atoms with Crippen LogP contribution in [0.5, 0.6) is 0 Å². The van der Waals surface area contributed by atoms with Gasteiger partial charge in [0.15, 0.2) is 5.13 Å². The van der Waals surface area contributed by atoms with E-state index in [1.54, 1.807) is 43.5 Å². The van der Waals surface area contributed by atoms with Crippen molar-refractivity contribution in [3.63, 3.8) is 0 Å². The number of nitrogens with zero attached hydrogens (tertiary/aromatic N) is 1. The number of carbonyl (C=O) groups excluding carboxylic acids is 1. The molecule has 36 heavy (non-hydrogen) atoms. The molecule has 0 saturated heterocycles. The third-order valence-electron chi connectivity index (χ3n) is 5.21. The summed E-state index contributed by atoms with van der Waals surface area (Å²) in [4.78, 5) is 16.7. The van der Waals surface area contributed by atoms with Crippen LogP contribution in [0.25, 0.3) is 0 Å². The Labute approximate surface area is 213 Å². The van der Waals surface area contributed by atoms with E-state index in [9.17, 15) is 21.6 Å². The largest absolute Gasteiger partial charge is 0.322 e. The highest BCUT2D eigenvalue weighted by Gasteiger charge is 2.21. The van der Waals surface area contributed by atoms with Gasteiger partial charge in [0.1, 0.15) is 0 Å². The van der Waals surface area contributed by atoms with Crippen molar-refractivity contribution < 1.29 is 21.6 Å². The minimum absolute atomic E-state index is 0.00157. The van der Waals surface area contributed by atoms with E-state index in [-0.39, 0.29) is 20.5 Å². The highest BCUT2D eigenvalue weighted by Crippen LogP contribution is 2.24. The molecular formula is C24H22N4O5S3. The van der Waals surface area contributed by atoms with Gasteiger partial charge in [0.25, 0.3) is 26.0 Å². The van der Waals surface area contributed by atoms with Crippen molar-refractivity contribution in [1.82, 2.24) is 4.98 Å². The molecule has 0 aliphatic carbocycles. The maximum atomic E-state index is 13.0. The lowest BCUT2D eigenvalue weighted by atomic mass is 10.1. The molecule has 3 N–H and O–H groups in total. The van der Waals surface area contributed by atoms with Gasteiger partial charge in [0.05, 0.1) is 15.5 Å². The van der Waals surface area contributed by atoms with Crippen LogP contribution in [0.3, 0.4) is 0 Å². The first-order valence-corrected chi connectivity index (χ1v) is 14.4. The van der Waals surface area contributed by atoms with E-state index in [1.807, 2.05) is 6.07 Å². The summed E-state index contributed by atoms with van der Waals surface area (Å²) < 4.78 is 56.0. The second-order valence-electron chi connectivity index (χ2n) is 7.82. The van der Waals surface area contributed by atoms with Crippen LogP contribution in [0.2, 0.25) is 0 Å². The number of rotatable bonds is 8. The van der Waals surface area contributed by atoms with E-state index in [0.717, 1.165) is 16.9 Å². The first kappa shape index (κ1) is 25.4. The van der Waals surface area contributed by atoms with Gasteiger partial charge in [-0.05, 0) is 67.4 Å². The third kappa shape index (κ3) is 5.73. The summed E-state index contributed by atoms with van der Waals surface area (Å²) >= 11 is 1.15. The summed E-state index contributed by atoms with van der Waals surface area (Å²) in [5, 5.41) is 4.55. The molecular weight excluding hydrogens is 520 g/mol. The Morgan fingerprint density at radius 1 is 0.833 bits per heavy atom. The van der Waals surface area contributed by atoms with Gasteiger partial charge >= 0.3 is 0 Å². The molecule has 0 fully saturated rings. The summed E-state index contributed by atoms with van der Waals surface area (Å²) in [5.74, 6) is -0.543. The number of anilines is 3. The second kappa shape index (κ2) is 10.1. The first-order valence-electron chi connectivity index (χ1n) is 10.6. The normalized spacial score (nSPS) is 11.6. The Balaban J connectivity index is 1.51. The van der Waals surface area contributed by atoms with Crippen LogP contribution in [0.1, 0.15) is 21.5 Å². The minimum atomic E-state index is -3.95. The number of sulfonamides is 2. The Kier molecular flexibility index (Phi) is 7.11. The van der Waals surface area contributed by atoms with E-state index >= 15 is 0 Å². The highest BCUT2D eigenvalue weighted by molar-refractivity contribution is 7.93. The monoisotopic (exact) mass is 542 g/mol. The summed E-state index contributed by atoms with van der Waals surface area (Å²) in [6.07, 6.45) is 1.49. The predicted molar refractivity (Wildman–Crippen MR) is 140 cm³/mol. The van der Waals surface area contributed by atoms with Crippen molar-refractivity contribution >= 4 is 53.8 Å². The molecule has 0 aliphatic heterocycles. The molecule has 0 bridgehead atoms. The van der Waals surface area contributed by atoms with Gasteiger partial charge in [-0.1, -0.05) is 24.3 Å². The summed E-state index contributed by atoms with van der Waals surface area (Å²) in [6, 6.07) is 17.0. The van der Waals surface area contributed by atoms with Crippen LogP contribution in [0.15, 0.2) is 88.1 Å². The number of thiazole rings is 1. The Bertz CT molecular complexity index is 1620. The summed E-state index contributed by atoms with van der Waals surface area (Å²) in [6.45, 7) is 3.44. The van der Waals surface area contributed by atoms with E-state index in [2.05, 4.69) is 19.7 Å². The van der Waals surface area contributed by atoms with E-state index < -0.39 is 26.0 Å². The number of para-hydroxylation sites is 1. The molecule has 4 aromatic rings. The van der Waals surface area contributed by atoms with Crippen LogP contribution in [0.4, 0.5) is 16.5 Å². The number of amides is 1. The molecule has 1 aromatic heterocycles. The van der Waals surface area contributed by atoms with Crippen molar-refractivity contribution in [1.29, 1.82) is 0 Å². The zero-order valence-corrected chi connectivity index (χ0v) is 21.7. The van der Waals surface area contributed by atoms with Gasteiger partial charge < -0.3 is 5.32 Å². The maximum Gasteiger partial charge on any atom is 0.263 e. The lowest BCUT2D eigenvalue weighted by Gasteiger charge is -2.14. The molecule has 186 valence electrons. The molecule has 9 nitrogen and oxygen atoms in total. The molecule has 0 atom stereocenters. The summed E-state index contributed by atoms with van der Waals surface area (Å²) in [7, 11) is -7.77. The number of benzene rings is 3. The van der Waals surface area contributed by atoms with Crippen molar-refractivity contribution in [3.05, 3.63) is 95.0 Å². The smallest absolute Gasteiger partial charge is 0.263 e. The first-order chi connectivity index (χ1) is 17.0. The SMILES string of the molecule is Cc1ccccc1NS(=O)(=O)c1cc(C(=O)Nc2ccc(S(=O)(=O)Nc3nccs3)cc2)ccc1C. The van der Waals surface area contributed by atoms with Crippen LogP contribution < -0.4 is 14.8 Å². The molecule has 0 radical (unpaired) electrons. The molecule has 1 heterocycles. The van der Waals surface area contributed by atoms with Crippen molar-refractivity contribution in [2.75, 3.05) is 14.8 Å². The van der Waals surface area contributed by atoms with E-state index in [1.165, 1.54) is 42.6 Å². The van der Waals surface area contributed by atoms with Crippen LogP contribution in [0, 0.1) is 13.8 Å². The van der Waals surface area contributed by atoms with Gasteiger partial charge in [0, 0.05) is 22.8 Å².